The summed E-state index contributed by atoms with van der Waals surface area (Å²) in [5.41, 5.74) is 0.855. The van der Waals surface area contributed by atoms with Gasteiger partial charge in [0.05, 0.1) is 16.8 Å². The van der Waals surface area contributed by atoms with E-state index in [0.717, 1.165) is 0 Å². The average molecular weight is 336 g/mol. The summed E-state index contributed by atoms with van der Waals surface area (Å²) in [6.45, 7) is 2.30. The Bertz CT molecular complexity index is 1050. The number of aryl methyl sites for hydroxylation is 1. The minimum atomic E-state index is -1.06. The second kappa shape index (κ2) is 6.60. The fraction of sp³-hybridized carbons (Fsp3) is 0.105. The van der Waals surface area contributed by atoms with E-state index in [2.05, 4.69) is 4.99 Å². The summed E-state index contributed by atoms with van der Waals surface area (Å²) in [5.74, 6) is -1.19. The molecule has 1 heterocycles. The van der Waals surface area contributed by atoms with Crippen molar-refractivity contribution in [2.24, 2.45) is 4.99 Å². The molecular weight excluding hydrogens is 320 g/mol. The highest BCUT2D eigenvalue weighted by atomic mass is 16.4. The molecule has 0 aliphatic heterocycles. The van der Waals surface area contributed by atoms with Crippen molar-refractivity contribution in [1.29, 1.82) is 0 Å². The van der Waals surface area contributed by atoms with Gasteiger partial charge in [-0.1, -0.05) is 18.2 Å². The zero-order chi connectivity index (χ0) is 18.0. The lowest BCUT2D eigenvalue weighted by atomic mass is 10.1. The van der Waals surface area contributed by atoms with E-state index >= 15 is 0 Å². The van der Waals surface area contributed by atoms with Crippen LogP contribution in [0, 0.1) is 0 Å². The van der Waals surface area contributed by atoms with E-state index in [1.165, 1.54) is 18.3 Å². The number of para-hydroxylation sites is 1. The maximum absolute atomic E-state index is 12.6. The first-order valence-electron chi connectivity index (χ1n) is 7.75. The molecule has 0 saturated heterocycles. The molecule has 3 aromatic rings. The van der Waals surface area contributed by atoms with Gasteiger partial charge < -0.3 is 14.8 Å². The molecule has 0 atom stereocenters. The maximum atomic E-state index is 12.6. The number of aromatic nitrogens is 1. The van der Waals surface area contributed by atoms with Crippen LogP contribution in [0.4, 0.5) is 5.69 Å². The predicted octanol–water partition coefficient (Wildman–Crippen LogP) is 3.18. The first kappa shape index (κ1) is 16.4. The average Bonchev–Trinajstić information content (AvgIpc) is 2.62. The van der Waals surface area contributed by atoms with Gasteiger partial charge in [0.2, 0.25) is 0 Å². The van der Waals surface area contributed by atoms with Crippen molar-refractivity contribution in [3.8, 4) is 5.75 Å². The van der Waals surface area contributed by atoms with Crippen LogP contribution in [0.2, 0.25) is 0 Å². The predicted molar refractivity (Wildman–Crippen MR) is 96.2 cm³/mol. The first-order chi connectivity index (χ1) is 12.0. The molecule has 0 aliphatic carbocycles. The van der Waals surface area contributed by atoms with Gasteiger partial charge in [0.15, 0.2) is 0 Å². The molecule has 25 heavy (non-hydrogen) atoms. The number of aromatic carboxylic acids is 1. The van der Waals surface area contributed by atoms with Gasteiger partial charge in [-0.15, -0.1) is 0 Å². The zero-order valence-electron chi connectivity index (χ0n) is 13.5. The number of pyridine rings is 1. The molecule has 2 aromatic carbocycles. The molecule has 1 aromatic heterocycles. The summed E-state index contributed by atoms with van der Waals surface area (Å²) in [5, 5.41) is 20.1. The molecule has 2 N–H and O–H groups in total. The molecule has 0 fully saturated rings. The quantitative estimate of drug-likeness (QED) is 0.716. The van der Waals surface area contributed by atoms with E-state index in [1.54, 1.807) is 41.0 Å². The van der Waals surface area contributed by atoms with Crippen LogP contribution in [0.15, 0.2) is 58.3 Å². The van der Waals surface area contributed by atoms with E-state index in [-0.39, 0.29) is 22.4 Å². The summed E-state index contributed by atoms with van der Waals surface area (Å²) < 4.78 is 1.56. The van der Waals surface area contributed by atoms with Gasteiger partial charge in [-0.3, -0.25) is 9.79 Å². The van der Waals surface area contributed by atoms with Crippen molar-refractivity contribution in [1.82, 2.24) is 4.57 Å². The molecule has 0 radical (unpaired) electrons. The van der Waals surface area contributed by atoms with Crippen molar-refractivity contribution in [2.75, 3.05) is 0 Å². The Kier molecular flexibility index (Phi) is 4.35. The number of nitrogens with zero attached hydrogens (tertiary/aromatic N) is 2. The minimum Gasteiger partial charge on any atom is -0.506 e. The molecule has 0 aliphatic rings. The highest BCUT2D eigenvalue weighted by Crippen LogP contribution is 2.25. The Morgan fingerprint density at radius 3 is 2.68 bits per heavy atom. The van der Waals surface area contributed by atoms with Gasteiger partial charge in [-0.25, -0.2) is 4.79 Å². The summed E-state index contributed by atoms with van der Waals surface area (Å²) in [4.78, 5) is 27.8. The highest BCUT2D eigenvalue weighted by molar-refractivity contribution is 5.96. The lowest BCUT2D eigenvalue weighted by Gasteiger charge is -2.11. The molecule has 6 heteroatoms. The Balaban J connectivity index is 2.15. The first-order valence-corrected chi connectivity index (χ1v) is 7.75. The third-order valence-electron chi connectivity index (χ3n) is 3.93. The number of carboxylic acid groups (broad SMARTS) is 1. The number of hydrogen-bond acceptors (Lipinski definition) is 4. The minimum absolute atomic E-state index is 0.0706. The third-order valence-corrected chi connectivity index (χ3v) is 3.93. The molecule has 3 rings (SSSR count). The van der Waals surface area contributed by atoms with Crippen LogP contribution in [-0.2, 0) is 6.54 Å². The number of fused-ring (bicyclic) bond motifs is 1. The van der Waals surface area contributed by atoms with Gasteiger partial charge in [0, 0.05) is 18.1 Å². The van der Waals surface area contributed by atoms with Crippen molar-refractivity contribution in [3.05, 3.63) is 70.0 Å². The summed E-state index contributed by atoms with van der Waals surface area (Å²) in [6, 6.07) is 13.1. The van der Waals surface area contributed by atoms with Gasteiger partial charge >= 0.3 is 5.97 Å². The topological polar surface area (TPSA) is 91.9 Å². The normalized spacial score (nSPS) is 11.2. The van der Waals surface area contributed by atoms with Crippen molar-refractivity contribution in [3.63, 3.8) is 0 Å². The van der Waals surface area contributed by atoms with Crippen LogP contribution in [0.3, 0.4) is 0 Å². The molecule has 0 bridgehead atoms. The van der Waals surface area contributed by atoms with Crippen molar-refractivity contribution >= 4 is 28.8 Å². The van der Waals surface area contributed by atoms with Crippen LogP contribution in [0.1, 0.15) is 22.8 Å². The molecule has 0 saturated carbocycles. The third kappa shape index (κ3) is 3.01. The number of hydrogen-bond donors (Lipinski definition) is 2. The zero-order valence-corrected chi connectivity index (χ0v) is 13.5. The molecule has 0 amide bonds. The maximum Gasteiger partial charge on any atom is 0.335 e. The summed E-state index contributed by atoms with van der Waals surface area (Å²) >= 11 is 0. The SMILES string of the molecule is CCn1c(=O)c(C=Nc2cccc(C(=O)O)c2)c(O)c2ccccc21. The van der Waals surface area contributed by atoms with Crippen LogP contribution in [-0.4, -0.2) is 27.0 Å². The van der Waals surface area contributed by atoms with Crippen LogP contribution >= 0.6 is 0 Å². The van der Waals surface area contributed by atoms with Crippen molar-refractivity contribution in [2.45, 2.75) is 13.5 Å². The largest absolute Gasteiger partial charge is 0.506 e. The Hall–Kier alpha value is -3.41. The van der Waals surface area contributed by atoms with Gasteiger partial charge in [0.25, 0.3) is 5.56 Å². The van der Waals surface area contributed by atoms with Gasteiger partial charge in [0.1, 0.15) is 11.3 Å². The molecule has 0 spiro atoms. The number of aliphatic imine (C=N–C) groups is 1. The molecule has 126 valence electrons. The summed E-state index contributed by atoms with van der Waals surface area (Å²) in [7, 11) is 0. The van der Waals surface area contributed by atoms with E-state index in [9.17, 15) is 14.7 Å². The van der Waals surface area contributed by atoms with Crippen LogP contribution in [0.5, 0.6) is 5.75 Å². The fourth-order valence-corrected chi connectivity index (χ4v) is 2.70. The standard InChI is InChI=1S/C19H16N2O4/c1-2-21-16-9-4-3-8-14(16)17(22)15(18(21)23)11-20-13-7-5-6-12(10-13)19(24)25/h3-11,22H,2H2,1H3,(H,24,25). The number of carboxylic acids is 1. The highest BCUT2D eigenvalue weighted by Gasteiger charge is 2.13. The molecular formula is C19H16N2O4. The second-order valence-electron chi connectivity index (χ2n) is 5.44. The second-order valence-corrected chi connectivity index (χ2v) is 5.44. The summed E-state index contributed by atoms with van der Waals surface area (Å²) in [6.07, 6.45) is 1.28. The molecule has 0 unspecified atom stereocenters. The Labute approximate surface area is 143 Å². The smallest absolute Gasteiger partial charge is 0.335 e. The number of aromatic hydroxyl groups is 1. The fourth-order valence-electron chi connectivity index (χ4n) is 2.70. The Morgan fingerprint density at radius 2 is 1.96 bits per heavy atom. The number of carbonyl (C=O) groups is 1. The van der Waals surface area contributed by atoms with E-state index in [0.29, 0.717) is 23.1 Å². The lowest BCUT2D eigenvalue weighted by Crippen LogP contribution is -2.23. The molecule has 6 nitrogen and oxygen atoms in total. The number of benzene rings is 2. The van der Waals surface area contributed by atoms with Crippen molar-refractivity contribution < 1.29 is 15.0 Å². The monoisotopic (exact) mass is 336 g/mol. The van der Waals surface area contributed by atoms with E-state index in [4.69, 9.17) is 5.11 Å². The van der Waals surface area contributed by atoms with E-state index < -0.39 is 5.97 Å². The lowest BCUT2D eigenvalue weighted by molar-refractivity contribution is 0.0697. The van der Waals surface area contributed by atoms with Gasteiger partial charge in [-0.2, -0.15) is 0 Å². The Morgan fingerprint density at radius 1 is 1.20 bits per heavy atom. The van der Waals surface area contributed by atoms with Crippen LogP contribution in [0.25, 0.3) is 10.9 Å². The number of rotatable bonds is 4. The van der Waals surface area contributed by atoms with E-state index in [1.807, 2.05) is 6.92 Å². The van der Waals surface area contributed by atoms with Gasteiger partial charge in [-0.05, 0) is 37.3 Å². The van der Waals surface area contributed by atoms with Crippen LogP contribution < -0.4 is 5.56 Å².